The van der Waals surface area contributed by atoms with E-state index < -0.39 is 0 Å². The molecule has 1 aromatic rings. The van der Waals surface area contributed by atoms with Crippen LogP contribution in [0.15, 0.2) is 30.5 Å². The second kappa shape index (κ2) is 11.9. The molecule has 2 fully saturated rings. The molecule has 0 saturated heterocycles. The van der Waals surface area contributed by atoms with Crippen molar-refractivity contribution in [3.63, 3.8) is 0 Å². The van der Waals surface area contributed by atoms with Gasteiger partial charge >= 0.3 is 17.1 Å². The Morgan fingerprint density at radius 3 is 2.14 bits per heavy atom. The first kappa shape index (κ1) is 19.5. The first-order chi connectivity index (χ1) is 10.4. The standard InChI is InChI=1S/C15H16N.C5H5.Fe/c1-13(15-11-4-5-12-16-15)7-6-10-14-8-2-3-9-14;1-2-4-5-3-1;/h2-5,7-9,11-12H,6,10H2,1H3;1-5H;/q;;+2/b13-7+;;. The number of aromatic nitrogens is 1. The summed E-state index contributed by atoms with van der Waals surface area (Å²) in [5.41, 5.74) is 2.33. The van der Waals surface area contributed by atoms with Crippen LogP contribution in [0, 0.1) is 63.7 Å². The summed E-state index contributed by atoms with van der Waals surface area (Å²) < 4.78 is 0. The monoisotopic (exact) mass is 331 g/mol. The predicted molar refractivity (Wildman–Crippen MR) is 89.1 cm³/mol. The van der Waals surface area contributed by atoms with Crippen molar-refractivity contribution >= 4 is 5.57 Å². The van der Waals surface area contributed by atoms with Crippen molar-refractivity contribution in [2.75, 3.05) is 0 Å². The molecule has 1 nitrogen and oxygen atoms in total. The fourth-order valence-corrected chi connectivity index (χ4v) is 2.06. The Labute approximate surface area is 147 Å². The summed E-state index contributed by atoms with van der Waals surface area (Å²) in [5, 5.41) is 0. The van der Waals surface area contributed by atoms with Gasteiger partial charge in [-0.2, -0.15) is 0 Å². The Hall–Kier alpha value is -0.591. The fraction of sp³-hybridized carbons (Fsp3) is 0.150. The van der Waals surface area contributed by atoms with Gasteiger partial charge in [0.2, 0.25) is 0 Å². The third-order valence-corrected chi connectivity index (χ3v) is 3.24. The first-order valence-corrected chi connectivity index (χ1v) is 7.31. The molecule has 0 N–H and O–H groups in total. The molecule has 0 unspecified atom stereocenters. The Morgan fingerprint density at radius 1 is 0.955 bits per heavy atom. The quantitative estimate of drug-likeness (QED) is 0.730. The normalized spacial score (nSPS) is 18.5. The third-order valence-electron chi connectivity index (χ3n) is 3.24. The van der Waals surface area contributed by atoms with Crippen molar-refractivity contribution in [2.24, 2.45) is 0 Å². The number of rotatable bonds is 4. The minimum absolute atomic E-state index is 0. The second-order valence-electron chi connectivity index (χ2n) is 4.90. The van der Waals surface area contributed by atoms with E-state index in [1.807, 2.05) is 56.5 Å². The van der Waals surface area contributed by atoms with Gasteiger partial charge in [0.15, 0.2) is 0 Å². The Morgan fingerprint density at radius 2 is 1.59 bits per heavy atom. The maximum atomic E-state index is 4.33. The van der Waals surface area contributed by atoms with E-state index in [4.69, 9.17) is 0 Å². The summed E-state index contributed by atoms with van der Waals surface area (Å²) in [6.45, 7) is 2.12. The summed E-state index contributed by atoms with van der Waals surface area (Å²) in [4.78, 5) is 4.33. The Balaban J connectivity index is 0.000000344. The fourth-order valence-electron chi connectivity index (χ4n) is 2.06. The SMILES string of the molecule is C/C(=C\CC[C]1[CH][CH][CH][CH]1)c1ccccn1.[CH]1[CH][CH][CH][CH]1.[Fe+2]. The van der Waals surface area contributed by atoms with Crippen molar-refractivity contribution in [2.45, 2.75) is 19.8 Å². The number of pyridine rings is 1. The maximum absolute atomic E-state index is 4.33. The van der Waals surface area contributed by atoms with Gasteiger partial charge in [0.25, 0.3) is 0 Å². The summed E-state index contributed by atoms with van der Waals surface area (Å²) in [7, 11) is 0. The van der Waals surface area contributed by atoms with E-state index >= 15 is 0 Å². The average Bonchev–Trinajstić information content (AvgIpc) is 3.24. The molecule has 0 spiro atoms. The third kappa shape index (κ3) is 7.61. The summed E-state index contributed by atoms with van der Waals surface area (Å²) >= 11 is 0. The summed E-state index contributed by atoms with van der Waals surface area (Å²) in [6.07, 6.45) is 24.8. The first-order valence-electron chi connectivity index (χ1n) is 7.31. The van der Waals surface area contributed by atoms with Gasteiger partial charge in [0.05, 0.1) is 5.69 Å². The van der Waals surface area contributed by atoms with Crippen molar-refractivity contribution in [3.8, 4) is 0 Å². The van der Waals surface area contributed by atoms with Gasteiger partial charge in [0.1, 0.15) is 0 Å². The zero-order valence-corrected chi connectivity index (χ0v) is 13.9. The van der Waals surface area contributed by atoms with Crippen LogP contribution in [0.2, 0.25) is 0 Å². The van der Waals surface area contributed by atoms with Crippen LogP contribution in [0.5, 0.6) is 0 Å². The van der Waals surface area contributed by atoms with Crippen LogP contribution in [0.4, 0.5) is 0 Å². The predicted octanol–water partition coefficient (Wildman–Crippen LogP) is 4.69. The zero-order chi connectivity index (χ0) is 14.8. The van der Waals surface area contributed by atoms with Crippen LogP contribution in [-0.4, -0.2) is 4.98 Å². The molecule has 22 heavy (non-hydrogen) atoms. The smallest absolute Gasteiger partial charge is 0.257 e. The second-order valence-corrected chi connectivity index (χ2v) is 4.90. The van der Waals surface area contributed by atoms with E-state index in [9.17, 15) is 0 Å². The van der Waals surface area contributed by atoms with Crippen LogP contribution in [0.3, 0.4) is 0 Å². The van der Waals surface area contributed by atoms with E-state index in [0.29, 0.717) is 0 Å². The van der Waals surface area contributed by atoms with Gasteiger partial charge in [0, 0.05) is 6.20 Å². The number of allylic oxidation sites excluding steroid dienone is 2. The van der Waals surface area contributed by atoms with Crippen LogP contribution < -0.4 is 0 Å². The van der Waals surface area contributed by atoms with Gasteiger partial charge in [-0.1, -0.05) is 12.1 Å². The van der Waals surface area contributed by atoms with Crippen molar-refractivity contribution in [1.82, 2.24) is 4.98 Å². The van der Waals surface area contributed by atoms with Crippen LogP contribution >= 0.6 is 0 Å². The molecule has 0 aromatic carbocycles. The molecule has 2 aliphatic rings. The number of hydrogen-bond donors (Lipinski definition) is 0. The van der Waals surface area contributed by atoms with E-state index in [1.54, 1.807) is 0 Å². The zero-order valence-electron chi connectivity index (χ0n) is 12.8. The maximum Gasteiger partial charge on any atom is 2.00 e. The Kier molecular flexibility index (Phi) is 10.5. The molecular weight excluding hydrogens is 310 g/mol. The molecule has 2 heteroatoms. The summed E-state index contributed by atoms with van der Waals surface area (Å²) in [5.74, 6) is 1.41. The molecule has 0 amide bonds. The van der Waals surface area contributed by atoms with Crippen LogP contribution in [0.25, 0.3) is 5.57 Å². The number of nitrogens with zero attached hydrogens (tertiary/aromatic N) is 1. The molecule has 0 atom stereocenters. The van der Waals surface area contributed by atoms with Gasteiger partial charge in [-0.05, 0) is 101 Å². The molecule has 112 valence electrons. The molecule has 10 radical (unpaired) electrons. The molecule has 0 bridgehead atoms. The van der Waals surface area contributed by atoms with Gasteiger partial charge in [-0.15, -0.1) is 0 Å². The van der Waals surface area contributed by atoms with Crippen molar-refractivity contribution in [3.05, 3.63) is 99.9 Å². The van der Waals surface area contributed by atoms with Gasteiger partial charge in [-0.3, -0.25) is 4.98 Å². The van der Waals surface area contributed by atoms with E-state index in [2.05, 4.69) is 43.7 Å². The minimum atomic E-state index is 0. The van der Waals surface area contributed by atoms with Gasteiger partial charge < -0.3 is 0 Å². The molecule has 1 heterocycles. The van der Waals surface area contributed by atoms with Crippen LogP contribution in [0.1, 0.15) is 25.5 Å². The van der Waals surface area contributed by atoms with Crippen molar-refractivity contribution < 1.29 is 17.1 Å². The van der Waals surface area contributed by atoms with E-state index in [0.717, 1.165) is 18.5 Å². The Bertz CT molecular complexity index is 395. The van der Waals surface area contributed by atoms with E-state index in [-0.39, 0.29) is 17.1 Å². The topological polar surface area (TPSA) is 12.9 Å². The number of hydrogen-bond acceptors (Lipinski definition) is 1. The van der Waals surface area contributed by atoms with E-state index in [1.165, 1.54) is 11.5 Å². The molecular formula is C20H21FeN+2. The molecule has 0 aliphatic heterocycles. The minimum Gasteiger partial charge on any atom is -0.257 e. The van der Waals surface area contributed by atoms with Gasteiger partial charge in [-0.25, -0.2) is 0 Å². The van der Waals surface area contributed by atoms with Crippen molar-refractivity contribution in [1.29, 1.82) is 0 Å². The van der Waals surface area contributed by atoms with Crippen LogP contribution in [-0.2, 0) is 17.1 Å². The summed E-state index contributed by atoms with van der Waals surface area (Å²) in [6, 6.07) is 6.02. The molecule has 2 saturated carbocycles. The molecule has 2 aliphatic carbocycles. The molecule has 3 rings (SSSR count). The largest absolute Gasteiger partial charge is 2.00 e. The average molecular weight is 331 g/mol. The molecule has 1 aromatic heterocycles.